The largest absolute Gasteiger partial charge is 0.417 e. The molecule has 0 saturated carbocycles. The van der Waals surface area contributed by atoms with Crippen molar-refractivity contribution in [3.63, 3.8) is 0 Å². The summed E-state index contributed by atoms with van der Waals surface area (Å²) in [5.74, 6) is 0.698. The number of amides is 1. The number of ether oxygens (including phenoxy) is 1. The molecule has 0 aliphatic heterocycles. The van der Waals surface area contributed by atoms with Crippen molar-refractivity contribution in [3.8, 4) is 5.75 Å². The van der Waals surface area contributed by atoms with Gasteiger partial charge in [-0.2, -0.15) is 0 Å². The number of rotatable bonds is 10. The molecule has 0 heterocycles. The molecule has 0 radical (unpaired) electrons. The highest BCUT2D eigenvalue weighted by Gasteiger charge is 2.13. The van der Waals surface area contributed by atoms with Crippen LogP contribution in [0, 0.1) is 0 Å². The third-order valence-corrected chi connectivity index (χ3v) is 4.53. The van der Waals surface area contributed by atoms with Crippen LogP contribution in [0.2, 0.25) is 0 Å². The minimum atomic E-state index is -0.432. The maximum absolute atomic E-state index is 12.3. The van der Waals surface area contributed by atoms with E-state index in [0.717, 1.165) is 24.9 Å². The molecule has 0 aliphatic rings. The van der Waals surface area contributed by atoms with Crippen LogP contribution in [-0.2, 0) is 12.8 Å². The molecule has 3 heteroatoms. The number of carbonyl (C=O) groups excluding carboxylic acids is 1. The van der Waals surface area contributed by atoms with Gasteiger partial charge in [0.05, 0.1) is 0 Å². The van der Waals surface area contributed by atoms with Gasteiger partial charge in [-0.3, -0.25) is 5.32 Å². The van der Waals surface area contributed by atoms with Crippen LogP contribution in [-0.4, -0.2) is 6.09 Å². The van der Waals surface area contributed by atoms with Gasteiger partial charge in [-0.25, -0.2) is 4.79 Å². The van der Waals surface area contributed by atoms with Crippen LogP contribution in [0.25, 0.3) is 0 Å². The van der Waals surface area contributed by atoms with Crippen molar-refractivity contribution in [2.75, 3.05) is 5.32 Å². The van der Waals surface area contributed by atoms with Gasteiger partial charge in [-0.1, -0.05) is 69.9 Å². The molecule has 0 atom stereocenters. The summed E-state index contributed by atoms with van der Waals surface area (Å²) in [4.78, 5) is 12.3. The van der Waals surface area contributed by atoms with Gasteiger partial charge in [0.2, 0.25) is 0 Å². The molecule has 0 aliphatic carbocycles. The van der Waals surface area contributed by atoms with Crippen molar-refractivity contribution in [3.05, 3.63) is 59.7 Å². The van der Waals surface area contributed by atoms with E-state index in [1.807, 2.05) is 42.5 Å². The second-order valence-corrected chi connectivity index (χ2v) is 6.69. The van der Waals surface area contributed by atoms with Crippen molar-refractivity contribution in [1.29, 1.82) is 0 Å². The average Bonchev–Trinajstić information content (AvgIpc) is 2.64. The van der Waals surface area contributed by atoms with Gasteiger partial charge in [0.1, 0.15) is 5.75 Å². The van der Waals surface area contributed by atoms with E-state index in [4.69, 9.17) is 4.74 Å². The number of unbranched alkanes of at least 4 members (excludes halogenated alkanes) is 4. The lowest BCUT2D eigenvalue weighted by Gasteiger charge is -2.15. The first kappa shape index (κ1) is 20.0. The highest BCUT2D eigenvalue weighted by molar-refractivity contribution is 5.86. The maximum Gasteiger partial charge on any atom is 0.417 e. The fourth-order valence-electron chi connectivity index (χ4n) is 3.11. The number of para-hydroxylation sites is 1. The molecule has 0 saturated heterocycles. The van der Waals surface area contributed by atoms with E-state index in [0.29, 0.717) is 5.75 Å². The standard InChI is InChI=1S/C23H31NO2/c1-3-5-8-13-19-14-12-18-22(21(19)17-9-6-4-2)26-23(25)24-20-15-10-7-11-16-20/h7,10-12,14-16,18H,3-6,8-9,13,17H2,1-2H3,(H,24,25). The van der Waals surface area contributed by atoms with Gasteiger partial charge in [0.15, 0.2) is 0 Å². The zero-order valence-corrected chi connectivity index (χ0v) is 16.1. The number of anilines is 1. The Morgan fingerprint density at radius 2 is 1.54 bits per heavy atom. The van der Waals surface area contributed by atoms with Gasteiger partial charge < -0.3 is 4.74 Å². The molecule has 2 rings (SSSR count). The van der Waals surface area contributed by atoms with Crippen LogP contribution >= 0.6 is 0 Å². The Bertz CT molecular complexity index is 667. The molecule has 3 nitrogen and oxygen atoms in total. The molecule has 26 heavy (non-hydrogen) atoms. The molecular weight excluding hydrogens is 322 g/mol. The van der Waals surface area contributed by atoms with E-state index < -0.39 is 6.09 Å². The summed E-state index contributed by atoms with van der Waals surface area (Å²) in [6, 6.07) is 15.5. The Hall–Kier alpha value is -2.29. The first-order valence-electron chi connectivity index (χ1n) is 9.89. The van der Waals surface area contributed by atoms with Gasteiger partial charge in [-0.05, 0) is 55.0 Å². The van der Waals surface area contributed by atoms with Crippen LogP contribution in [0.5, 0.6) is 5.75 Å². The second-order valence-electron chi connectivity index (χ2n) is 6.69. The molecule has 0 unspecified atom stereocenters. The summed E-state index contributed by atoms with van der Waals surface area (Å²) in [5.41, 5.74) is 3.25. The Morgan fingerprint density at radius 3 is 2.23 bits per heavy atom. The molecular formula is C23H31NO2. The van der Waals surface area contributed by atoms with E-state index >= 15 is 0 Å². The average molecular weight is 354 g/mol. The number of nitrogens with one attached hydrogen (secondary N) is 1. The highest BCUT2D eigenvalue weighted by atomic mass is 16.6. The molecule has 0 spiro atoms. The summed E-state index contributed by atoms with van der Waals surface area (Å²) in [5, 5.41) is 2.80. The van der Waals surface area contributed by atoms with Crippen molar-refractivity contribution < 1.29 is 9.53 Å². The van der Waals surface area contributed by atoms with Crippen LogP contribution in [0.3, 0.4) is 0 Å². The molecule has 0 fully saturated rings. The first-order chi connectivity index (χ1) is 12.7. The first-order valence-corrected chi connectivity index (χ1v) is 9.89. The molecule has 1 amide bonds. The molecule has 0 bridgehead atoms. The third kappa shape index (κ3) is 6.55. The number of benzene rings is 2. The highest BCUT2D eigenvalue weighted by Crippen LogP contribution is 2.27. The van der Waals surface area contributed by atoms with E-state index in [2.05, 4.69) is 25.2 Å². The van der Waals surface area contributed by atoms with E-state index in [9.17, 15) is 4.79 Å². The lowest BCUT2D eigenvalue weighted by molar-refractivity contribution is 0.214. The second kappa shape index (κ2) is 11.3. The van der Waals surface area contributed by atoms with Crippen LogP contribution in [0.15, 0.2) is 48.5 Å². The predicted molar refractivity (Wildman–Crippen MR) is 109 cm³/mol. The minimum absolute atomic E-state index is 0.432. The Labute approximate surface area is 157 Å². The quantitative estimate of drug-likeness (QED) is 0.479. The lowest BCUT2D eigenvalue weighted by Crippen LogP contribution is -2.17. The zero-order chi connectivity index (χ0) is 18.6. The number of aryl methyl sites for hydroxylation is 1. The van der Waals surface area contributed by atoms with Crippen molar-refractivity contribution >= 4 is 11.8 Å². The molecule has 2 aromatic rings. The van der Waals surface area contributed by atoms with Gasteiger partial charge in [0.25, 0.3) is 0 Å². The third-order valence-electron chi connectivity index (χ3n) is 4.53. The van der Waals surface area contributed by atoms with Gasteiger partial charge in [-0.15, -0.1) is 0 Å². The number of hydrogen-bond acceptors (Lipinski definition) is 2. The number of carbonyl (C=O) groups is 1. The zero-order valence-electron chi connectivity index (χ0n) is 16.1. The normalized spacial score (nSPS) is 10.5. The lowest BCUT2D eigenvalue weighted by atomic mass is 9.96. The Kier molecular flexibility index (Phi) is 8.74. The monoisotopic (exact) mass is 353 g/mol. The van der Waals surface area contributed by atoms with Crippen LogP contribution in [0.4, 0.5) is 10.5 Å². The summed E-state index contributed by atoms with van der Waals surface area (Å²) >= 11 is 0. The van der Waals surface area contributed by atoms with Gasteiger partial charge in [0, 0.05) is 5.69 Å². The van der Waals surface area contributed by atoms with Crippen LogP contribution in [0.1, 0.15) is 63.5 Å². The van der Waals surface area contributed by atoms with E-state index in [1.54, 1.807) is 0 Å². The van der Waals surface area contributed by atoms with E-state index in [-0.39, 0.29) is 0 Å². The van der Waals surface area contributed by atoms with Crippen molar-refractivity contribution in [2.24, 2.45) is 0 Å². The molecule has 0 aromatic heterocycles. The SMILES string of the molecule is CCCCCc1cccc(OC(=O)Nc2ccccc2)c1CCCCC. The van der Waals surface area contributed by atoms with E-state index in [1.165, 1.54) is 43.2 Å². The summed E-state index contributed by atoms with van der Waals surface area (Å²) < 4.78 is 5.68. The summed E-state index contributed by atoms with van der Waals surface area (Å²) in [7, 11) is 0. The molecule has 140 valence electrons. The topological polar surface area (TPSA) is 38.3 Å². The molecule has 2 aromatic carbocycles. The predicted octanol–water partition coefficient (Wildman–Crippen LogP) is 6.76. The fourth-order valence-corrected chi connectivity index (χ4v) is 3.11. The van der Waals surface area contributed by atoms with Gasteiger partial charge >= 0.3 is 6.09 Å². The summed E-state index contributed by atoms with van der Waals surface area (Å²) in [6.07, 6.45) is 8.70. The smallest absolute Gasteiger partial charge is 0.410 e. The maximum atomic E-state index is 12.3. The minimum Gasteiger partial charge on any atom is -0.410 e. The fraction of sp³-hybridized carbons (Fsp3) is 0.435. The number of hydrogen-bond donors (Lipinski definition) is 1. The Morgan fingerprint density at radius 1 is 0.846 bits per heavy atom. The van der Waals surface area contributed by atoms with Crippen molar-refractivity contribution in [2.45, 2.75) is 65.2 Å². The Balaban J connectivity index is 2.11. The molecule has 1 N–H and O–H groups in total. The van der Waals surface area contributed by atoms with Crippen molar-refractivity contribution in [1.82, 2.24) is 0 Å². The van der Waals surface area contributed by atoms with Crippen LogP contribution < -0.4 is 10.1 Å². The summed E-state index contributed by atoms with van der Waals surface area (Å²) in [6.45, 7) is 4.42.